The Kier molecular flexibility index (Phi) is 4.13. The third-order valence-electron chi connectivity index (χ3n) is 2.61. The number of hydrogen-bond acceptors (Lipinski definition) is 0. The van der Waals surface area contributed by atoms with E-state index >= 15 is 0 Å². The number of rotatable bonds is 4. The molecule has 0 heterocycles. The zero-order chi connectivity index (χ0) is 8.81. The summed E-state index contributed by atoms with van der Waals surface area (Å²) >= 11 is 0. The van der Waals surface area contributed by atoms with Crippen molar-refractivity contribution in [2.24, 2.45) is 5.92 Å². The summed E-state index contributed by atoms with van der Waals surface area (Å²) in [6.45, 7) is 4.52. The normalized spacial score (nSPS) is 22.5. The Hall–Kier alpha value is -0.520. The summed E-state index contributed by atoms with van der Waals surface area (Å²) in [5.41, 5.74) is 1.56. The van der Waals surface area contributed by atoms with E-state index < -0.39 is 0 Å². The van der Waals surface area contributed by atoms with Crippen LogP contribution in [0.15, 0.2) is 23.8 Å². The van der Waals surface area contributed by atoms with E-state index in [2.05, 4.69) is 32.1 Å². The van der Waals surface area contributed by atoms with Gasteiger partial charge in [0.25, 0.3) is 0 Å². The predicted octanol–water partition coefficient (Wildman–Crippen LogP) is 4.09. The molecule has 1 rings (SSSR count). The van der Waals surface area contributed by atoms with Crippen molar-refractivity contribution in [2.75, 3.05) is 0 Å². The minimum Gasteiger partial charge on any atom is -0.0809 e. The fourth-order valence-electron chi connectivity index (χ4n) is 1.58. The van der Waals surface area contributed by atoms with E-state index in [1.165, 1.54) is 32.1 Å². The molecule has 0 radical (unpaired) electrons. The SMILES string of the molecule is CCCCC1=CCC(CC)C=C1. The second-order valence-electron chi connectivity index (χ2n) is 3.65. The molecule has 0 heteroatoms. The van der Waals surface area contributed by atoms with Gasteiger partial charge in [-0.2, -0.15) is 0 Å². The van der Waals surface area contributed by atoms with Gasteiger partial charge in [-0.1, -0.05) is 44.1 Å². The van der Waals surface area contributed by atoms with Gasteiger partial charge in [0, 0.05) is 0 Å². The molecule has 1 aliphatic rings. The largest absolute Gasteiger partial charge is 0.0809 e. The van der Waals surface area contributed by atoms with Gasteiger partial charge in [0.05, 0.1) is 0 Å². The van der Waals surface area contributed by atoms with Gasteiger partial charge in [-0.25, -0.2) is 0 Å². The predicted molar refractivity (Wildman–Crippen MR) is 55.1 cm³/mol. The molecule has 0 fully saturated rings. The molecular weight excluding hydrogens is 144 g/mol. The molecule has 1 aliphatic carbocycles. The summed E-state index contributed by atoms with van der Waals surface area (Å²) in [6.07, 6.45) is 13.6. The van der Waals surface area contributed by atoms with E-state index in [1.807, 2.05) is 0 Å². The molecule has 0 spiro atoms. The Bertz CT molecular complexity index is 174. The molecular formula is C12H20. The lowest BCUT2D eigenvalue weighted by Crippen LogP contribution is -1.97. The lowest BCUT2D eigenvalue weighted by atomic mass is 9.93. The highest BCUT2D eigenvalue weighted by atomic mass is 14.1. The topological polar surface area (TPSA) is 0 Å². The van der Waals surface area contributed by atoms with Crippen molar-refractivity contribution in [2.45, 2.75) is 46.0 Å². The Morgan fingerprint density at radius 3 is 2.75 bits per heavy atom. The molecule has 1 unspecified atom stereocenters. The van der Waals surface area contributed by atoms with Crippen LogP contribution in [0.25, 0.3) is 0 Å². The minimum atomic E-state index is 0.815. The fourth-order valence-corrected chi connectivity index (χ4v) is 1.58. The number of hydrogen-bond donors (Lipinski definition) is 0. The summed E-state index contributed by atoms with van der Waals surface area (Å²) in [4.78, 5) is 0. The van der Waals surface area contributed by atoms with Crippen LogP contribution in [0.5, 0.6) is 0 Å². The Morgan fingerprint density at radius 1 is 1.42 bits per heavy atom. The molecule has 0 bridgehead atoms. The first kappa shape index (κ1) is 9.57. The molecule has 0 N–H and O–H groups in total. The van der Waals surface area contributed by atoms with Crippen LogP contribution in [0, 0.1) is 5.92 Å². The lowest BCUT2D eigenvalue weighted by molar-refractivity contribution is 0.624. The van der Waals surface area contributed by atoms with E-state index in [0.29, 0.717) is 0 Å². The van der Waals surface area contributed by atoms with Crippen LogP contribution in [0.3, 0.4) is 0 Å². The second kappa shape index (κ2) is 5.18. The monoisotopic (exact) mass is 164 g/mol. The van der Waals surface area contributed by atoms with Gasteiger partial charge < -0.3 is 0 Å². The average molecular weight is 164 g/mol. The highest BCUT2D eigenvalue weighted by molar-refractivity contribution is 5.23. The van der Waals surface area contributed by atoms with Crippen molar-refractivity contribution in [1.29, 1.82) is 0 Å². The molecule has 0 amide bonds. The van der Waals surface area contributed by atoms with Gasteiger partial charge in [-0.15, -0.1) is 0 Å². The van der Waals surface area contributed by atoms with Gasteiger partial charge in [0.2, 0.25) is 0 Å². The highest BCUT2D eigenvalue weighted by Gasteiger charge is 2.05. The first-order valence-corrected chi connectivity index (χ1v) is 5.24. The van der Waals surface area contributed by atoms with Crippen LogP contribution in [0.4, 0.5) is 0 Å². The maximum absolute atomic E-state index is 2.42. The molecule has 12 heavy (non-hydrogen) atoms. The zero-order valence-electron chi connectivity index (χ0n) is 8.34. The first-order valence-electron chi connectivity index (χ1n) is 5.24. The van der Waals surface area contributed by atoms with Crippen molar-refractivity contribution in [1.82, 2.24) is 0 Å². The summed E-state index contributed by atoms with van der Waals surface area (Å²) in [7, 11) is 0. The molecule has 1 atom stereocenters. The summed E-state index contributed by atoms with van der Waals surface area (Å²) in [5.74, 6) is 0.815. The molecule has 0 aromatic heterocycles. The third-order valence-corrected chi connectivity index (χ3v) is 2.61. The molecule has 0 aliphatic heterocycles. The van der Waals surface area contributed by atoms with Crippen molar-refractivity contribution < 1.29 is 0 Å². The Balaban J connectivity index is 2.31. The van der Waals surface area contributed by atoms with Gasteiger partial charge >= 0.3 is 0 Å². The van der Waals surface area contributed by atoms with E-state index in [-0.39, 0.29) is 0 Å². The van der Waals surface area contributed by atoms with Crippen molar-refractivity contribution in [3.63, 3.8) is 0 Å². The van der Waals surface area contributed by atoms with Gasteiger partial charge in [0.1, 0.15) is 0 Å². The minimum absolute atomic E-state index is 0.815. The molecule has 0 nitrogen and oxygen atoms in total. The van der Waals surface area contributed by atoms with Crippen LogP contribution in [-0.2, 0) is 0 Å². The van der Waals surface area contributed by atoms with Gasteiger partial charge in [0.15, 0.2) is 0 Å². The average Bonchev–Trinajstić information content (AvgIpc) is 2.15. The van der Waals surface area contributed by atoms with Crippen molar-refractivity contribution >= 4 is 0 Å². The van der Waals surface area contributed by atoms with Crippen molar-refractivity contribution in [3.05, 3.63) is 23.8 Å². The van der Waals surface area contributed by atoms with E-state index in [0.717, 1.165) is 5.92 Å². The third kappa shape index (κ3) is 2.84. The molecule has 0 saturated heterocycles. The molecule has 0 saturated carbocycles. The van der Waals surface area contributed by atoms with E-state index in [1.54, 1.807) is 5.57 Å². The van der Waals surface area contributed by atoms with Crippen LogP contribution >= 0.6 is 0 Å². The Labute approximate surface area is 76.4 Å². The van der Waals surface area contributed by atoms with Gasteiger partial charge in [-0.05, 0) is 31.6 Å². The molecule has 0 aromatic carbocycles. The Morgan fingerprint density at radius 2 is 2.25 bits per heavy atom. The summed E-state index contributed by atoms with van der Waals surface area (Å²) in [6, 6.07) is 0. The molecule has 0 aromatic rings. The van der Waals surface area contributed by atoms with Gasteiger partial charge in [-0.3, -0.25) is 0 Å². The number of unbranched alkanes of at least 4 members (excludes halogenated alkanes) is 1. The first-order chi connectivity index (χ1) is 5.86. The molecule has 68 valence electrons. The summed E-state index contributed by atoms with van der Waals surface area (Å²) in [5, 5.41) is 0. The zero-order valence-corrected chi connectivity index (χ0v) is 8.34. The second-order valence-corrected chi connectivity index (χ2v) is 3.65. The standard InChI is InChI=1S/C12H20/c1-3-5-6-12-9-7-11(4-2)8-10-12/h7,9-11H,3-6,8H2,1-2H3. The van der Waals surface area contributed by atoms with Crippen LogP contribution in [-0.4, -0.2) is 0 Å². The van der Waals surface area contributed by atoms with Crippen molar-refractivity contribution in [3.8, 4) is 0 Å². The van der Waals surface area contributed by atoms with E-state index in [9.17, 15) is 0 Å². The smallest absolute Gasteiger partial charge is 0.0198 e. The highest BCUT2D eigenvalue weighted by Crippen LogP contribution is 2.21. The maximum Gasteiger partial charge on any atom is -0.0198 e. The van der Waals surface area contributed by atoms with Crippen LogP contribution in [0.2, 0.25) is 0 Å². The van der Waals surface area contributed by atoms with Crippen LogP contribution in [0.1, 0.15) is 46.0 Å². The summed E-state index contributed by atoms with van der Waals surface area (Å²) < 4.78 is 0. The maximum atomic E-state index is 2.42. The number of allylic oxidation sites excluding steroid dienone is 4. The van der Waals surface area contributed by atoms with Crippen LogP contribution < -0.4 is 0 Å². The quantitative estimate of drug-likeness (QED) is 0.587. The fraction of sp³-hybridized carbons (Fsp3) is 0.667. The van der Waals surface area contributed by atoms with E-state index in [4.69, 9.17) is 0 Å². The lowest BCUT2D eigenvalue weighted by Gasteiger charge is -2.13.